The van der Waals surface area contributed by atoms with Crippen molar-refractivity contribution in [3.05, 3.63) is 70.9 Å². The van der Waals surface area contributed by atoms with Crippen LogP contribution in [0.3, 0.4) is 0 Å². The molecule has 5 heterocycles. The molecule has 8 nitrogen and oxygen atoms in total. The van der Waals surface area contributed by atoms with Gasteiger partial charge in [0.2, 0.25) is 0 Å². The van der Waals surface area contributed by atoms with Crippen LogP contribution in [0.2, 0.25) is 5.02 Å². The van der Waals surface area contributed by atoms with E-state index >= 15 is 0 Å². The molecule has 0 amide bonds. The normalized spacial score (nSPS) is 21.3. The highest BCUT2D eigenvalue weighted by Gasteiger charge is 2.31. The molecule has 202 valence electrons. The fourth-order valence-electron chi connectivity index (χ4n) is 6.44. The fraction of sp³-hybridized carbons (Fsp3) is 0.433. The third-order valence-corrected chi connectivity index (χ3v) is 8.98. The average Bonchev–Trinajstić information content (AvgIpc) is 3.58. The van der Waals surface area contributed by atoms with Crippen LogP contribution in [0.25, 0.3) is 10.8 Å². The molecule has 0 unspecified atom stereocenters. The number of ether oxygens (including phenoxy) is 1. The summed E-state index contributed by atoms with van der Waals surface area (Å²) in [6, 6.07) is 13.7. The summed E-state index contributed by atoms with van der Waals surface area (Å²) in [5, 5.41) is 3.02. The minimum atomic E-state index is 0.286. The number of likely N-dealkylation sites (tertiary alicyclic amines) is 1. The van der Waals surface area contributed by atoms with Gasteiger partial charge in [-0.15, -0.1) is 0 Å². The maximum atomic E-state index is 6.71. The molecule has 1 fully saturated rings. The molecule has 0 spiro atoms. The first-order valence-electron chi connectivity index (χ1n) is 14.0. The zero-order valence-corrected chi connectivity index (χ0v) is 23.3. The van der Waals surface area contributed by atoms with Crippen LogP contribution < -0.4 is 14.5 Å². The molecule has 0 saturated carbocycles. The fourth-order valence-corrected chi connectivity index (χ4v) is 6.72. The maximum Gasteiger partial charge on any atom is 0.318 e. The number of aromatic nitrogens is 4. The van der Waals surface area contributed by atoms with Crippen LogP contribution >= 0.6 is 11.6 Å². The summed E-state index contributed by atoms with van der Waals surface area (Å²) < 4.78 is 8.57. The molecule has 39 heavy (non-hydrogen) atoms. The lowest BCUT2D eigenvalue weighted by atomic mass is 10.0. The first-order chi connectivity index (χ1) is 19.0. The molecular formula is C30H34ClN7O. The zero-order valence-electron chi connectivity index (χ0n) is 22.6. The number of halogens is 1. The Balaban J connectivity index is 1.26. The van der Waals surface area contributed by atoms with Crippen molar-refractivity contribution in [2.24, 2.45) is 0 Å². The number of fused-ring (bicyclic) bond motifs is 3. The Morgan fingerprint density at radius 3 is 2.79 bits per heavy atom. The van der Waals surface area contributed by atoms with E-state index < -0.39 is 0 Å². The maximum absolute atomic E-state index is 6.71. The second kappa shape index (κ2) is 9.99. The van der Waals surface area contributed by atoms with E-state index in [-0.39, 0.29) is 6.04 Å². The molecule has 0 radical (unpaired) electrons. The largest absolute Gasteiger partial charge is 0.462 e. The summed E-state index contributed by atoms with van der Waals surface area (Å²) in [4.78, 5) is 21.7. The summed E-state index contributed by atoms with van der Waals surface area (Å²) in [6.45, 7) is 7.22. The van der Waals surface area contributed by atoms with Crippen molar-refractivity contribution in [1.29, 1.82) is 0 Å². The first kappa shape index (κ1) is 24.7. The van der Waals surface area contributed by atoms with Gasteiger partial charge in [0.05, 0.1) is 35.8 Å². The second-order valence-electron chi connectivity index (χ2n) is 11.1. The molecular weight excluding hydrogens is 510 g/mol. The lowest BCUT2D eigenvalue weighted by Crippen LogP contribution is -2.43. The van der Waals surface area contributed by atoms with E-state index in [2.05, 4.69) is 62.5 Å². The van der Waals surface area contributed by atoms with Crippen molar-refractivity contribution >= 4 is 33.9 Å². The summed E-state index contributed by atoms with van der Waals surface area (Å²) >= 11 is 6.71. The summed E-state index contributed by atoms with van der Waals surface area (Å²) in [6.07, 6.45) is 7.11. The van der Waals surface area contributed by atoms with Crippen LogP contribution in [0.15, 0.2) is 48.9 Å². The number of hydrogen-bond acceptors (Lipinski definition) is 7. The molecule has 2 aromatic heterocycles. The number of hydrogen-bond donors (Lipinski definition) is 0. The lowest BCUT2D eigenvalue weighted by molar-refractivity contribution is 0.187. The van der Waals surface area contributed by atoms with Crippen LogP contribution in [0, 0.1) is 0 Å². The van der Waals surface area contributed by atoms with Gasteiger partial charge in [-0.2, -0.15) is 9.97 Å². The summed E-state index contributed by atoms with van der Waals surface area (Å²) in [5.74, 6) is 1.00. The van der Waals surface area contributed by atoms with Crippen LogP contribution in [0.1, 0.15) is 36.7 Å². The second-order valence-corrected chi connectivity index (χ2v) is 11.6. The Bertz CT molecular complexity index is 1520. The van der Waals surface area contributed by atoms with E-state index in [1.165, 1.54) is 17.7 Å². The average molecular weight is 544 g/mol. The Labute approximate surface area is 234 Å². The monoisotopic (exact) mass is 543 g/mol. The van der Waals surface area contributed by atoms with Gasteiger partial charge in [-0.25, -0.2) is 4.98 Å². The smallest absolute Gasteiger partial charge is 0.318 e. The Kier molecular flexibility index (Phi) is 6.32. The molecule has 0 aliphatic carbocycles. The van der Waals surface area contributed by atoms with Crippen molar-refractivity contribution in [3.63, 3.8) is 0 Å². The molecule has 3 aliphatic heterocycles. The lowest BCUT2D eigenvalue weighted by Gasteiger charge is -2.38. The SMILES string of the molecule is C[C@@H]1Cn2cncc2CN1c1nc(OC[C@H]2CCCN2C)nc2c1CCN(c1cccc3cccc(Cl)c13)C2. The third kappa shape index (κ3) is 4.49. The minimum absolute atomic E-state index is 0.286. The quantitative estimate of drug-likeness (QED) is 0.354. The number of nitrogens with zero attached hydrogens (tertiary/aromatic N) is 7. The topological polar surface area (TPSA) is 62.6 Å². The van der Waals surface area contributed by atoms with Gasteiger partial charge in [-0.1, -0.05) is 35.9 Å². The van der Waals surface area contributed by atoms with Crippen LogP contribution in [-0.2, 0) is 26.1 Å². The van der Waals surface area contributed by atoms with Gasteiger partial charge in [-0.3, -0.25) is 0 Å². The van der Waals surface area contributed by atoms with Crippen LogP contribution in [0.5, 0.6) is 6.01 Å². The highest BCUT2D eigenvalue weighted by Crippen LogP contribution is 2.38. The highest BCUT2D eigenvalue weighted by molar-refractivity contribution is 6.36. The summed E-state index contributed by atoms with van der Waals surface area (Å²) in [7, 11) is 2.17. The Hall–Kier alpha value is -3.36. The van der Waals surface area contributed by atoms with Crippen LogP contribution in [0.4, 0.5) is 11.5 Å². The zero-order chi connectivity index (χ0) is 26.5. The molecule has 9 heteroatoms. The van der Waals surface area contributed by atoms with Crippen molar-refractivity contribution < 1.29 is 4.74 Å². The van der Waals surface area contributed by atoms with E-state index in [1.807, 2.05) is 24.7 Å². The van der Waals surface area contributed by atoms with Gasteiger partial charge < -0.3 is 24.0 Å². The third-order valence-electron chi connectivity index (χ3n) is 8.67. The summed E-state index contributed by atoms with van der Waals surface area (Å²) in [5.41, 5.74) is 4.62. The molecule has 3 aliphatic rings. The predicted octanol–water partition coefficient (Wildman–Crippen LogP) is 4.92. The number of likely N-dealkylation sites (N-methyl/N-ethyl adjacent to an activating group) is 1. The van der Waals surface area contributed by atoms with Crippen LogP contribution in [-0.4, -0.2) is 63.2 Å². The van der Waals surface area contributed by atoms with Crippen molar-refractivity contribution in [2.45, 2.75) is 57.9 Å². The Morgan fingerprint density at radius 1 is 1.08 bits per heavy atom. The van der Waals surface area contributed by atoms with Crippen molar-refractivity contribution in [3.8, 4) is 6.01 Å². The van der Waals surface area contributed by atoms with E-state index in [4.69, 9.17) is 26.3 Å². The van der Waals surface area contributed by atoms with Gasteiger partial charge in [0.15, 0.2) is 0 Å². The minimum Gasteiger partial charge on any atom is -0.462 e. The number of imidazole rings is 1. The molecule has 0 bridgehead atoms. The Morgan fingerprint density at radius 2 is 1.95 bits per heavy atom. The van der Waals surface area contributed by atoms with E-state index in [1.54, 1.807) is 0 Å². The van der Waals surface area contributed by atoms with Gasteiger partial charge in [0.25, 0.3) is 0 Å². The number of benzene rings is 2. The number of rotatable bonds is 5. The molecule has 2 atom stereocenters. The standard InChI is InChI=1S/C30H34ClN7O/c1-20-15-37-19-32-14-23(37)16-38(20)29-24-11-13-36(27-10-4-7-21-6-3-9-25(31)28(21)27)17-26(24)33-30(34-29)39-18-22-8-5-12-35(22)2/h3-4,6-7,9-10,14,19-20,22H,5,8,11-13,15-18H2,1-2H3/t20-,22-/m1/s1. The first-order valence-corrected chi connectivity index (χ1v) is 14.3. The van der Waals surface area contributed by atoms with Gasteiger partial charge >= 0.3 is 6.01 Å². The molecule has 4 aromatic rings. The van der Waals surface area contributed by atoms with E-state index in [9.17, 15) is 0 Å². The van der Waals surface area contributed by atoms with E-state index in [0.29, 0.717) is 25.2 Å². The highest BCUT2D eigenvalue weighted by atomic mass is 35.5. The predicted molar refractivity (Wildman–Crippen MR) is 155 cm³/mol. The van der Waals surface area contributed by atoms with Gasteiger partial charge in [0.1, 0.15) is 12.4 Å². The van der Waals surface area contributed by atoms with Crippen molar-refractivity contribution in [1.82, 2.24) is 24.4 Å². The van der Waals surface area contributed by atoms with Gasteiger partial charge in [0, 0.05) is 48.0 Å². The molecule has 0 N–H and O–H groups in total. The molecule has 1 saturated heterocycles. The van der Waals surface area contributed by atoms with Gasteiger partial charge in [-0.05, 0) is 57.3 Å². The van der Waals surface area contributed by atoms with E-state index in [0.717, 1.165) is 72.0 Å². The number of anilines is 2. The molecule has 7 rings (SSSR count). The molecule has 2 aromatic carbocycles. The van der Waals surface area contributed by atoms with Crippen molar-refractivity contribution in [2.75, 3.05) is 36.5 Å².